The normalized spacial score (nSPS) is 25.2. The maximum Gasteiger partial charge on any atom is 0.202 e. The summed E-state index contributed by atoms with van der Waals surface area (Å²) in [6, 6.07) is 0.591. The van der Waals surface area contributed by atoms with Crippen LogP contribution in [0.2, 0.25) is 0 Å². The average Bonchev–Trinajstić information content (AvgIpc) is 2.86. The molecule has 2 rings (SSSR count). The van der Waals surface area contributed by atoms with Crippen LogP contribution in [0.15, 0.2) is 0 Å². The van der Waals surface area contributed by atoms with Crippen LogP contribution in [0.3, 0.4) is 0 Å². The summed E-state index contributed by atoms with van der Waals surface area (Å²) >= 11 is 3.48. The molecule has 96 valence electrons. The van der Waals surface area contributed by atoms with Gasteiger partial charge in [0.1, 0.15) is 5.82 Å². The first-order valence-electron chi connectivity index (χ1n) is 6.12. The van der Waals surface area contributed by atoms with Crippen LogP contribution in [0.25, 0.3) is 0 Å². The van der Waals surface area contributed by atoms with E-state index in [4.69, 9.17) is 0 Å². The monoisotopic (exact) mass is 271 g/mol. The number of anilines is 1. The van der Waals surface area contributed by atoms with Crippen LogP contribution < -0.4 is 5.32 Å². The van der Waals surface area contributed by atoms with Crippen molar-refractivity contribution in [3.8, 4) is 0 Å². The van der Waals surface area contributed by atoms with Gasteiger partial charge in [-0.1, -0.05) is 20.8 Å². The number of nitrogens with zero attached hydrogens (tertiary/aromatic N) is 2. The lowest BCUT2D eigenvalue weighted by atomic mass is 9.96. The lowest BCUT2D eigenvalue weighted by molar-refractivity contribution is 0.554. The van der Waals surface area contributed by atoms with Crippen LogP contribution in [0.5, 0.6) is 0 Å². The lowest BCUT2D eigenvalue weighted by Gasteiger charge is -2.13. The van der Waals surface area contributed by atoms with E-state index in [1.807, 2.05) is 11.8 Å². The van der Waals surface area contributed by atoms with E-state index in [0.29, 0.717) is 6.04 Å². The first-order valence-corrected chi connectivity index (χ1v) is 8.18. The second-order valence-corrected chi connectivity index (χ2v) is 7.58. The molecule has 1 saturated carbocycles. The van der Waals surface area contributed by atoms with Gasteiger partial charge in [-0.25, -0.2) is 4.98 Å². The summed E-state index contributed by atoms with van der Waals surface area (Å²) in [4.78, 5) is 4.59. The quantitative estimate of drug-likeness (QED) is 0.912. The number of thioether (sulfide) groups is 1. The van der Waals surface area contributed by atoms with Crippen LogP contribution in [0, 0.1) is 0 Å². The van der Waals surface area contributed by atoms with E-state index >= 15 is 0 Å². The highest BCUT2D eigenvalue weighted by Crippen LogP contribution is 2.31. The SMILES string of the molecule is CSC1CCC(Nc2nc(C(C)(C)C)ns2)C1. The van der Waals surface area contributed by atoms with Gasteiger partial charge < -0.3 is 5.32 Å². The zero-order valence-electron chi connectivity index (χ0n) is 11.0. The summed E-state index contributed by atoms with van der Waals surface area (Å²) in [5, 5.41) is 5.34. The average molecular weight is 271 g/mol. The van der Waals surface area contributed by atoms with Gasteiger partial charge in [-0.15, -0.1) is 0 Å². The highest BCUT2D eigenvalue weighted by atomic mass is 32.2. The number of nitrogens with one attached hydrogen (secondary N) is 1. The van der Waals surface area contributed by atoms with Gasteiger partial charge in [0, 0.05) is 28.2 Å². The Morgan fingerprint density at radius 1 is 1.35 bits per heavy atom. The van der Waals surface area contributed by atoms with E-state index in [0.717, 1.165) is 16.2 Å². The zero-order valence-corrected chi connectivity index (χ0v) is 12.6. The number of hydrogen-bond donors (Lipinski definition) is 1. The topological polar surface area (TPSA) is 37.8 Å². The third-order valence-electron chi connectivity index (χ3n) is 3.14. The second-order valence-electron chi connectivity index (χ2n) is 5.69. The Kier molecular flexibility index (Phi) is 3.98. The molecule has 1 aliphatic rings. The fourth-order valence-corrected chi connectivity index (χ4v) is 3.68. The summed E-state index contributed by atoms with van der Waals surface area (Å²) in [6.45, 7) is 6.45. The fourth-order valence-electron chi connectivity index (χ4n) is 2.05. The number of aromatic nitrogens is 2. The summed E-state index contributed by atoms with van der Waals surface area (Å²) < 4.78 is 4.43. The number of rotatable bonds is 3. The van der Waals surface area contributed by atoms with E-state index in [9.17, 15) is 0 Å². The first-order chi connectivity index (χ1) is 7.99. The molecule has 2 atom stereocenters. The van der Waals surface area contributed by atoms with Crippen molar-refractivity contribution in [2.24, 2.45) is 0 Å². The first kappa shape index (κ1) is 13.1. The molecule has 2 unspecified atom stereocenters. The molecule has 1 fully saturated rings. The Bertz CT molecular complexity index is 370. The standard InChI is InChI=1S/C12H21N3S2/c1-12(2,3)10-14-11(17-15-10)13-8-5-6-9(7-8)16-4/h8-9H,5-7H2,1-4H3,(H,13,14,15). The molecule has 0 aliphatic heterocycles. The van der Waals surface area contributed by atoms with Crippen molar-refractivity contribution in [1.29, 1.82) is 0 Å². The van der Waals surface area contributed by atoms with Gasteiger partial charge in [0.2, 0.25) is 5.13 Å². The molecule has 1 heterocycles. The van der Waals surface area contributed by atoms with Crippen LogP contribution in [-0.4, -0.2) is 26.9 Å². The number of hydrogen-bond acceptors (Lipinski definition) is 5. The maximum atomic E-state index is 4.59. The highest BCUT2D eigenvalue weighted by Gasteiger charge is 2.25. The van der Waals surface area contributed by atoms with Gasteiger partial charge in [0.05, 0.1) is 0 Å². The molecular formula is C12H21N3S2. The maximum absolute atomic E-state index is 4.59. The van der Waals surface area contributed by atoms with Crippen LogP contribution >= 0.6 is 23.3 Å². The minimum absolute atomic E-state index is 0.0495. The Balaban J connectivity index is 1.94. The zero-order chi connectivity index (χ0) is 12.5. The van der Waals surface area contributed by atoms with E-state index in [1.54, 1.807) is 0 Å². The second kappa shape index (κ2) is 5.14. The van der Waals surface area contributed by atoms with Gasteiger partial charge in [0.15, 0.2) is 0 Å². The van der Waals surface area contributed by atoms with Gasteiger partial charge in [-0.2, -0.15) is 16.1 Å². The molecule has 0 spiro atoms. The van der Waals surface area contributed by atoms with Gasteiger partial charge in [0.25, 0.3) is 0 Å². The van der Waals surface area contributed by atoms with Gasteiger partial charge in [-0.05, 0) is 25.5 Å². The molecule has 3 nitrogen and oxygen atoms in total. The van der Waals surface area contributed by atoms with Gasteiger partial charge >= 0.3 is 0 Å². The third-order valence-corrected chi connectivity index (χ3v) is 4.88. The predicted molar refractivity (Wildman–Crippen MR) is 77.2 cm³/mol. The molecule has 5 heteroatoms. The molecule has 1 aromatic heterocycles. The molecule has 0 radical (unpaired) electrons. The Labute approximate surface area is 112 Å². The van der Waals surface area contributed by atoms with Crippen molar-refractivity contribution < 1.29 is 0 Å². The van der Waals surface area contributed by atoms with Gasteiger partial charge in [-0.3, -0.25) is 0 Å². The van der Waals surface area contributed by atoms with Crippen molar-refractivity contribution in [1.82, 2.24) is 9.36 Å². The lowest BCUT2D eigenvalue weighted by Crippen LogP contribution is -2.17. The van der Waals surface area contributed by atoms with Crippen molar-refractivity contribution in [3.05, 3.63) is 5.82 Å². The summed E-state index contributed by atoms with van der Waals surface area (Å²) in [5.74, 6) is 0.949. The molecule has 1 aliphatic carbocycles. The third kappa shape index (κ3) is 3.35. The fraction of sp³-hybridized carbons (Fsp3) is 0.833. The molecule has 17 heavy (non-hydrogen) atoms. The molecule has 0 saturated heterocycles. The molecule has 0 bridgehead atoms. The Hall–Kier alpha value is -0.290. The van der Waals surface area contributed by atoms with E-state index in [1.165, 1.54) is 30.8 Å². The van der Waals surface area contributed by atoms with Crippen LogP contribution in [0.1, 0.15) is 45.9 Å². The summed E-state index contributed by atoms with van der Waals surface area (Å²) in [5.41, 5.74) is 0.0495. The van der Waals surface area contributed by atoms with Crippen molar-refractivity contribution in [2.75, 3.05) is 11.6 Å². The molecular weight excluding hydrogens is 250 g/mol. The summed E-state index contributed by atoms with van der Waals surface area (Å²) in [7, 11) is 0. The molecule has 0 amide bonds. The minimum atomic E-state index is 0.0495. The van der Waals surface area contributed by atoms with E-state index in [-0.39, 0.29) is 5.41 Å². The minimum Gasteiger partial charge on any atom is -0.358 e. The Morgan fingerprint density at radius 3 is 2.65 bits per heavy atom. The molecule has 0 aromatic carbocycles. The van der Waals surface area contributed by atoms with Crippen LogP contribution in [0.4, 0.5) is 5.13 Å². The predicted octanol–water partition coefficient (Wildman–Crippen LogP) is 3.53. The van der Waals surface area contributed by atoms with Crippen molar-refractivity contribution in [2.45, 2.75) is 56.7 Å². The molecule has 1 aromatic rings. The highest BCUT2D eigenvalue weighted by molar-refractivity contribution is 7.99. The van der Waals surface area contributed by atoms with Crippen molar-refractivity contribution in [3.63, 3.8) is 0 Å². The Morgan fingerprint density at radius 2 is 2.12 bits per heavy atom. The van der Waals surface area contributed by atoms with Crippen molar-refractivity contribution >= 4 is 28.4 Å². The smallest absolute Gasteiger partial charge is 0.202 e. The van der Waals surface area contributed by atoms with E-state index < -0.39 is 0 Å². The molecule has 1 N–H and O–H groups in total. The van der Waals surface area contributed by atoms with E-state index in [2.05, 4.69) is 41.7 Å². The van der Waals surface area contributed by atoms with Crippen LogP contribution in [-0.2, 0) is 5.41 Å². The largest absolute Gasteiger partial charge is 0.358 e. The summed E-state index contributed by atoms with van der Waals surface area (Å²) in [6.07, 6.45) is 6.04.